The number of aromatic amines is 1. The topological polar surface area (TPSA) is 122 Å². The highest BCUT2D eigenvalue weighted by atomic mass is 32.3. The molecule has 4 rings (SSSR count). The number of imidazole rings is 1. The van der Waals surface area contributed by atoms with E-state index in [9.17, 15) is 19.0 Å². The highest BCUT2D eigenvalue weighted by Crippen LogP contribution is 2.61. The van der Waals surface area contributed by atoms with E-state index in [4.69, 9.17) is 0 Å². The summed E-state index contributed by atoms with van der Waals surface area (Å²) in [6.07, 6.45) is 11.5. The van der Waals surface area contributed by atoms with E-state index >= 15 is 0 Å². The van der Waals surface area contributed by atoms with Gasteiger partial charge in [-0.3, -0.25) is 19.2 Å². The number of aliphatic carboxylic acids is 1. The summed E-state index contributed by atoms with van der Waals surface area (Å²) in [4.78, 5) is 22.8. The van der Waals surface area contributed by atoms with E-state index in [1.807, 2.05) is 30.5 Å². The first kappa shape index (κ1) is 31.4. The molecule has 1 aliphatic heterocycles. The average Bonchev–Trinajstić information content (AvgIpc) is 3.46. The highest BCUT2D eigenvalue weighted by Gasteiger charge is 2.42. The van der Waals surface area contributed by atoms with Crippen LogP contribution in [0.3, 0.4) is 0 Å². The number of anilines is 2. The van der Waals surface area contributed by atoms with Gasteiger partial charge in [-0.2, -0.15) is 10.6 Å². The van der Waals surface area contributed by atoms with Crippen molar-refractivity contribution in [2.24, 2.45) is 5.41 Å². The molecule has 1 aromatic heterocycles. The molecule has 0 aliphatic carbocycles. The number of carboxylic acids is 1. The summed E-state index contributed by atoms with van der Waals surface area (Å²) < 4.78 is 23.8. The number of H-pyrrole nitrogens is 1. The highest BCUT2D eigenvalue weighted by molar-refractivity contribution is 8.24. The number of para-hydroxylation sites is 1. The number of benzene rings is 2. The van der Waals surface area contributed by atoms with Crippen molar-refractivity contribution in [2.75, 3.05) is 23.5 Å². The number of hydrogen-bond acceptors (Lipinski definition) is 7. The number of aromatic nitrogens is 2. The molecule has 10 heteroatoms. The molecule has 5 N–H and O–H groups in total. The number of fused-ring (bicyclic) bond motifs is 1. The minimum atomic E-state index is -3.14. The Kier molecular flexibility index (Phi) is 10.8. The smallest absolute Gasteiger partial charge is 0.321 e. The lowest BCUT2D eigenvalue weighted by Gasteiger charge is -2.42. The van der Waals surface area contributed by atoms with Crippen LogP contribution in [0.1, 0.15) is 63.6 Å². The average molecular weight is 601 g/mol. The summed E-state index contributed by atoms with van der Waals surface area (Å²) in [5.74, 6) is -0.615. The predicted molar refractivity (Wildman–Crippen MR) is 170 cm³/mol. The zero-order valence-electron chi connectivity index (χ0n) is 24.3. The summed E-state index contributed by atoms with van der Waals surface area (Å²) in [6.45, 7) is 5.38. The van der Waals surface area contributed by atoms with Gasteiger partial charge in [-0.25, -0.2) is 4.98 Å². The molecule has 0 spiro atoms. The van der Waals surface area contributed by atoms with Crippen LogP contribution in [-0.4, -0.2) is 54.7 Å². The van der Waals surface area contributed by atoms with Crippen LogP contribution < -0.4 is 10.2 Å². The van der Waals surface area contributed by atoms with Crippen LogP contribution in [0.5, 0.6) is 0 Å². The van der Waals surface area contributed by atoms with Crippen molar-refractivity contribution in [2.45, 2.75) is 81.2 Å². The van der Waals surface area contributed by atoms with E-state index < -0.39 is 22.6 Å². The SMILES string of the molecule is CCCCC1(CCCC)CN(c2ccccc2)c2cc(SC)c(CN[C@H](Cc3cnc[nH]3)C(=O)O)cc2S(O)(O)C1. The number of nitrogens with zero attached hydrogens (tertiary/aromatic N) is 2. The maximum Gasteiger partial charge on any atom is 0.321 e. The van der Waals surface area contributed by atoms with Crippen LogP contribution >= 0.6 is 22.4 Å². The molecule has 0 amide bonds. The van der Waals surface area contributed by atoms with Gasteiger partial charge in [-0.15, -0.1) is 11.8 Å². The van der Waals surface area contributed by atoms with Crippen molar-refractivity contribution in [3.8, 4) is 0 Å². The third kappa shape index (κ3) is 7.67. The molecule has 0 unspecified atom stereocenters. The molecule has 0 saturated heterocycles. The molecule has 41 heavy (non-hydrogen) atoms. The first-order valence-electron chi connectivity index (χ1n) is 14.4. The van der Waals surface area contributed by atoms with Crippen LogP contribution in [0.25, 0.3) is 0 Å². The standard InChI is InChI=1S/C31H44N4O4S2/c1-4-6-13-31(14-7-5-2)20-35(25-11-9-8-10-12-25)27-17-28(40-3)23(15-29(27)41(38,39)21-31)18-33-26(30(36)37)16-24-19-32-22-34-24/h8-12,15,17,19,22,26,33,38-39H,4-7,13-14,16,18,20-21H2,1-3H3,(H,32,34)(H,36,37)/t26-/m1/s1. The zero-order valence-corrected chi connectivity index (χ0v) is 25.9. The lowest BCUT2D eigenvalue weighted by atomic mass is 9.79. The third-order valence-corrected chi connectivity index (χ3v) is 10.9. The summed E-state index contributed by atoms with van der Waals surface area (Å²) >= 11 is 1.58. The second kappa shape index (κ2) is 14.1. The summed E-state index contributed by atoms with van der Waals surface area (Å²) in [7, 11) is -3.14. The largest absolute Gasteiger partial charge is 0.480 e. The number of rotatable bonds is 14. The number of hydrogen-bond donors (Lipinski definition) is 5. The molecule has 0 fully saturated rings. The lowest BCUT2D eigenvalue weighted by Crippen LogP contribution is -2.38. The van der Waals surface area contributed by atoms with Crippen molar-refractivity contribution in [1.29, 1.82) is 0 Å². The Morgan fingerprint density at radius 3 is 2.46 bits per heavy atom. The molecule has 224 valence electrons. The van der Waals surface area contributed by atoms with Gasteiger partial charge >= 0.3 is 5.97 Å². The van der Waals surface area contributed by atoms with E-state index in [-0.39, 0.29) is 18.4 Å². The van der Waals surface area contributed by atoms with Gasteiger partial charge in [0.05, 0.1) is 16.9 Å². The first-order valence-corrected chi connectivity index (χ1v) is 17.4. The van der Waals surface area contributed by atoms with Crippen molar-refractivity contribution in [3.05, 3.63) is 66.2 Å². The van der Waals surface area contributed by atoms with Crippen molar-refractivity contribution in [1.82, 2.24) is 15.3 Å². The Bertz CT molecular complexity index is 1260. The molecule has 2 heterocycles. The van der Waals surface area contributed by atoms with E-state index in [1.54, 1.807) is 18.0 Å². The Balaban J connectivity index is 1.77. The fourth-order valence-corrected chi connectivity index (χ4v) is 8.68. The molecule has 3 aromatic rings. The van der Waals surface area contributed by atoms with Crippen LogP contribution in [0, 0.1) is 5.41 Å². The van der Waals surface area contributed by atoms with Crippen LogP contribution in [0.2, 0.25) is 0 Å². The second-order valence-electron chi connectivity index (χ2n) is 11.1. The molecule has 1 aliphatic rings. The van der Waals surface area contributed by atoms with E-state index in [1.165, 1.54) is 6.33 Å². The number of carbonyl (C=O) groups is 1. The van der Waals surface area contributed by atoms with E-state index in [0.29, 0.717) is 10.6 Å². The molecule has 2 aromatic carbocycles. The summed E-state index contributed by atoms with van der Waals surface area (Å²) in [6, 6.07) is 13.4. The maximum absolute atomic E-state index is 12.0. The molecule has 1 atom stereocenters. The van der Waals surface area contributed by atoms with Crippen molar-refractivity contribution in [3.63, 3.8) is 0 Å². The third-order valence-electron chi connectivity index (χ3n) is 8.01. The predicted octanol–water partition coefficient (Wildman–Crippen LogP) is 7.55. The van der Waals surface area contributed by atoms with Crippen LogP contribution in [-0.2, 0) is 17.8 Å². The number of thioether (sulfide) groups is 1. The molecule has 0 radical (unpaired) electrons. The quantitative estimate of drug-likeness (QED) is 0.120. The molecule has 8 nitrogen and oxygen atoms in total. The Morgan fingerprint density at radius 2 is 1.88 bits per heavy atom. The molecular weight excluding hydrogens is 556 g/mol. The minimum Gasteiger partial charge on any atom is -0.480 e. The van der Waals surface area contributed by atoms with Crippen LogP contribution in [0.4, 0.5) is 11.4 Å². The van der Waals surface area contributed by atoms with Crippen LogP contribution in [0.15, 0.2) is 64.8 Å². The fourth-order valence-electron chi connectivity index (χ4n) is 5.83. The lowest BCUT2D eigenvalue weighted by molar-refractivity contribution is -0.139. The van der Waals surface area contributed by atoms with Gasteiger partial charge in [-0.1, -0.05) is 57.7 Å². The normalized spacial score (nSPS) is 17.4. The Labute approximate surface area is 249 Å². The van der Waals surface area contributed by atoms with Crippen molar-refractivity contribution < 1.29 is 19.0 Å². The zero-order chi connectivity index (χ0) is 29.5. The van der Waals surface area contributed by atoms with Gasteiger partial charge in [0.2, 0.25) is 0 Å². The van der Waals surface area contributed by atoms with E-state index in [2.05, 4.69) is 52.2 Å². The molecule has 0 bridgehead atoms. The van der Waals surface area contributed by atoms with Crippen molar-refractivity contribution >= 4 is 39.7 Å². The maximum atomic E-state index is 12.0. The Morgan fingerprint density at radius 1 is 1.17 bits per heavy atom. The van der Waals surface area contributed by atoms with Gasteiger partial charge in [0.25, 0.3) is 0 Å². The van der Waals surface area contributed by atoms with Gasteiger partial charge in [-0.05, 0) is 48.9 Å². The second-order valence-corrected chi connectivity index (χ2v) is 14.0. The summed E-state index contributed by atoms with van der Waals surface area (Å²) in [5, 5.41) is 13.0. The number of carboxylic acid groups (broad SMARTS) is 1. The Hall–Kier alpha value is -2.50. The molecule has 0 saturated carbocycles. The summed E-state index contributed by atoms with van der Waals surface area (Å²) in [5.41, 5.74) is 3.21. The van der Waals surface area contributed by atoms with Gasteiger partial charge < -0.3 is 15.0 Å². The van der Waals surface area contributed by atoms with E-state index in [0.717, 1.165) is 72.6 Å². The van der Waals surface area contributed by atoms with Gasteiger partial charge in [0, 0.05) is 53.2 Å². The number of nitrogens with one attached hydrogen (secondary N) is 2. The molecular formula is C31H44N4O4S2. The monoisotopic (exact) mass is 600 g/mol. The van der Waals surface area contributed by atoms with Gasteiger partial charge in [0.1, 0.15) is 6.04 Å². The van der Waals surface area contributed by atoms with Gasteiger partial charge in [0.15, 0.2) is 0 Å². The fraction of sp³-hybridized carbons (Fsp3) is 0.484. The number of unbranched alkanes of at least 4 members (excludes halogenated alkanes) is 2. The minimum absolute atomic E-state index is 0.240. The first-order chi connectivity index (χ1) is 19.7.